The maximum Gasteiger partial charge on any atom is 0.238 e. The molecule has 0 saturated carbocycles. The Bertz CT molecular complexity index is 534. The number of anilines is 1. The van der Waals surface area contributed by atoms with Crippen molar-refractivity contribution in [3.05, 3.63) is 24.3 Å². The minimum Gasteiger partial charge on any atom is -0.497 e. The van der Waals surface area contributed by atoms with Crippen molar-refractivity contribution in [2.24, 2.45) is 0 Å². The molecule has 6 nitrogen and oxygen atoms in total. The Morgan fingerprint density at radius 1 is 1.21 bits per heavy atom. The topological polar surface area (TPSA) is 70.7 Å². The van der Waals surface area contributed by atoms with Crippen molar-refractivity contribution < 1.29 is 14.3 Å². The summed E-state index contributed by atoms with van der Waals surface area (Å²) >= 11 is 0. The molecule has 24 heavy (non-hydrogen) atoms. The zero-order chi connectivity index (χ0) is 17.9. The van der Waals surface area contributed by atoms with Crippen LogP contribution in [-0.2, 0) is 9.59 Å². The summed E-state index contributed by atoms with van der Waals surface area (Å²) in [4.78, 5) is 26.0. The minimum absolute atomic E-state index is 0.0491. The molecule has 0 bridgehead atoms. The highest BCUT2D eigenvalue weighted by Crippen LogP contribution is 2.16. The van der Waals surface area contributed by atoms with Crippen LogP contribution in [0.3, 0.4) is 0 Å². The summed E-state index contributed by atoms with van der Waals surface area (Å²) in [5, 5.41) is 5.78. The van der Waals surface area contributed by atoms with E-state index in [1.54, 1.807) is 19.2 Å². The summed E-state index contributed by atoms with van der Waals surface area (Å²) in [7, 11) is 1.58. The maximum atomic E-state index is 12.2. The normalized spacial score (nSPS) is 11.9. The van der Waals surface area contributed by atoms with Crippen molar-refractivity contribution in [2.45, 2.75) is 39.7 Å². The van der Waals surface area contributed by atoms with Crippen molar-refractivity contribution in [3.63, 3.8) is 0 Å². The van der Waals surface area contributed by atoms with Gasteiger partial charge in [-0.2, -0.15) is 0 Å². The van der Waals surface area contributed by atoms with Crippen LogP contribution in [0.15, 0.2) is 24.3 Å². The van der Waals surface area contributed by atoms with Crippen LogP contribution in [0, 0.1) is 0 Å². The number of hydrogen-bond donors (Lipinski definition) is 2. The first-order valence-corrected chi connectivity index (χ1v) is 8.44. The van der Waals surface area contributed by atoms with Crippen molar-refractivity contribution in [1.29, 1.82) is 0 Å². The number of benzene rings is 1. The Hall–Kier alpha value is -2.08. The van der Waals surface area contributed by atoms with Gasteiger partial charge in [0, 0.05) is 17.8 Å². The molecule has 0 radical (unpaired) electrons. The highest BCUT2D eigenvalue weighted by Gasteiger charge is 2.14. The van der Waals surface area contributed by atoms with Gasteiger partial charge in [0.05, 0.1) is 20.2 Å². The molecule has 0 aliphatic heterocycles. The Labute approximate surface area is 144 Å². The number of methoxy groups -OCH3 is 1. The molecule has 0 aromatic heterocycles. The molecule has 0 fully saturated rings. The lowest BCUT2D eigenvalue weighted by atomic mass is 10.2. The van der Waals surface area contributed by atoms with E-state index in [0.717, 1.165) is 12.8 Å². The fourth-order valence-corrected chi connectivity index (χ4v) is 2.41. The summed E-state index contributed by atoms with van der Waals surface area (Å²) in [5.74, 6) is 0.482. The van der Waals surface area contributed by atoms with E-state index in [2.05, 4.69) is 17.6 Å². The van der Waals surface area contributed by atoms with Crippen LogP contribution in [0.5, 0.6) is 5.75 Å². The maximum absolute atomic E-state index is 12.2. The molecule has 0 aliphatic rings. The van der Waals surface area contributed by atoms with Gasteiger partial charge >= 0.3 is 0 Å². The van der Waals surface area contributed by atoms with E-state index in [1.165, 1.54) is 0 Å². The lowest BCUT2D eigenvalue weighted by Crippen LogP contribution is -2.43. The van der Waals surface area contributed by atoms with Crippen molar-refractivity contribution >= 4 is 17.5 Å². The van der Waals surface area contributed by atoms with Gasteiger partial charge in [-0.15, -0.1) is 0 Å². The van der Waals surface area contributed by atoms with Gasteiger partial charge in [0.1, 0.15) is 5.75 Å². The number of likely N-dealkylation sites (N-methyl/N-ethyl adjacent to an activating group) is 1. The second-order valence-corrected chi connectivity index (χ2v) is 5.84. The minimum atomic E-state index is -0.153. The van der Waals surface area contributed by atoms with E-state index >= 15 is 0 Å². The van der Waals surface area contributed by atoms with Crippen LogP contribution >= 0.6 is 0 Å². The van der Waals surface area contributed by atoms with Gasteiger partial charge in [-0.25, -0.2) is 0 Å². The third-order valence-corrected chi connectivity index (χ3v) is 3.66. The third-order valence-electron chi connectivity index (χ3n) is 3.66. The monoisotopic (exact) mass is 335 g/mol. The van der Waals surface area contributed by atoms with Crippen molar-refractivity contribution in [3.8, 4) is 5.75 Å². The molecule has 0 saturated heterocycles. The zero-order valence-electron chi connectivity index (χ0n) is 15.1. The largest absolute Gasteiger partial charge is 0.497 e. The fraction of sp³-hybridized carbons (Fsp3) is 0.556. The molecule has 1 aromatic carbocycles. The number of amides is 2. The number of carbonyl (C=O) groups is 2. The number of hydrogen-bond acceptors (Lipinski definition) is 4. The van der Waals surface area contributed by atoms with Crippen LogP contribution in [0.4, 0.5) is 5.69 Å². The average molecular weight is 335 g/mol. The molecule has 0 spiro atoms. The molecule has 134 valence electrons. The Balaban J connectivity index is 2.48. The van der Waals surface area contributed by atoms with E-state index in [1.807, 2.05) is 30.9 Å². The first-order chi connectivity index (χ1) is 11.5. The SMILES string of the molecule is CCC[C@@H](C)NC(=O)CN(CC)CC(=O)Nc1cccc(OC)c1. The fourth-order valence-electron chi connectivity index (χ4n) is 2.41. The van der Waals surface area contributed by atoms with Crippen LogP contribution in [0.1, 0.15) is 33.6 Å². The zero-order valence-corrected chi connectivity index (χ0v) is 15.1. The first kappa shape index (κ1) is 20.0. The molecule has 0 unspecified atom stereocenters. The quantitative estimate of drug-likeness (QED) is 0.688. The molecular formula is C18H29N3O3. The smallest absolute Gasteiger partial charge is 0.238 e. The summed E-state index contributed by atoms with van der Waals surface area (Å²) in [5.41, 5.74) is 0.677. The van der Waals surface area contributed by atoms with Crippen molar-refractivity contribution in [1.82, 2.24) is 10.2 Å². The van der Waals surface area contributed by atoms with Crippen LogP contribution in [0.25, 0.3) is 0 Å². The third kappa shape index (κ3) is 7.46. The van der Waals surface area contributed by atoms with Gasteiger partial charge < -0.3 is 15.4 Å². The van der Waals surface area contributed by atoms with E-state index in [4.69, 9.17) is 4.74 Å². The Morgan fingerprint density at radius 3 is 2.54 bits per heavy atom. The first-order valence-electron chi connectivity index (χ1n) is 8.44. The predicted octanol–water partition coefficient (Wildman–Crippen LogP) is 2.26. The summed E-state index contributed by atoms with van der Waals surface area (Å²) in [6.45, 7) is 7.03. The molecule has 2 amide bonds. The highest BCUT2D eigenvalue weighted by molar-refractivity contribution is 5.92. The van der Waals surface area contributed by atoms with Crippen LogP contribution in [-0.4, -0.2) is 49.5 Å². The van der Waals surface area contributed by atoms with Gasteiger partial charge in [0.25, 0.3) is 0 Å². The lowest BCUT2D eigenvalue weighted by Gasteiger charge is -2.21. The molecule has 1 atom stereocenters. The van der Waals surface area contributed by atoms with Gasteiger partial charge in [-0.05, 0) is 32.0 Å². The van der Waals surface area contributed by atoms with Crippen LogP contribution in [0.2, 0.25) is 0 Å². The highest BCUT2D eigenvalue weighted by atomic mass is 16.5. The van der Waals surface area contributed by atoms with E-state index in [0.29, 0.717) is 18.0 Å². The number of nitrogens with one attached hydrogen (secondary N) is 2. The number of rotatable bonds is 10. The number of nitrogens with zero attached hydrogens (tertiary/aromatic N) is 1. The average Bonchev–Trinajstić information content (AvgIpc) is 2.54. The second kappa shape index (κ2) is 10.6. The molecule has 0 heterocycles. The van der Waals surface area contributed by atoms with E-state index < -0.39 is 0 Å². The molecule has 1 rings (SSSR count). The summed E-state index contributed by atoms with van der Waals surface area (Å²) < 4.78 is 5.13. The number of ether oxygens (including phenoxy) is 1. The van der Waals surface area contributed by atoms with Gasteiger partial charge in [-0.3, -0.25) is 14.5 Å². The van der Waals surface area contributed by atoms with E-state index in [9.17, 15) is 9.59 Å². The molecule has 6 heteroatoms. The number of carbonyl (C=O) groups excluding carboxylic acids is 2. The summed E-state index contributed by atoms with van der Waals surface area (Å²) in [6.07, 6.45) is 1.98. The van der Waals surface area contributed by atoms with Gasteiger partial charge in [0.15, 0.2) is 0 Å². The van der Waals surface area contributed by atoms with Crippen LogP contribution < -0.4 is 15.4 Å². The second-order valence-electron chi connectivity index (χ2n) is 5.84. The molecule has 1 aromatic rings. The lowest BCUT2D eigenvalue weighted by molar-refractivity contribution is -0.123. The predicted molar refractivity (Wildman–Crippen MR) is 96.3 cm³/mol. The van der Waals surface area contributed by atoms with Crippen molar-refractivity contribution in [2.75, 3.05) is 32.1 Å². The van der Waals surface area contributed by atoms with Gasteiger partial charge in [0.2, 0.25) is 11.8 Å². The summed E-state index contributed by atoms with van der Waals surface area (Å²) in [6, 6.07) is 7.35. The molecule has 2 N–H and O–H groups in total. The molecular weight excluding hydrogens is 306 g/mol. The van der Waals surface area contributed by atoms with E-state index in [-0.39, 0.29) is 30.9 Å². The Morgan fingerprint density at radius 2 is 1.92 bits per heavy atom. The molecule has 0 aliphatic carbocycles. The standard InChI is InChI=1S/C18H29N3O3/c1-5-8-14(3)19-17(22)12-21(6-2)13-18(23)20-15-9-7-10-16(11-15)24-4/h7,9-11,14H,5-6,8,12-13H2,1-4H3,(H,19,22)(H,20,23)/t14-/m1/s1. The Kier molecular flexibility index (Phi) is 8.86. The van der Waals surface area contributed by atoms with Gasteiger partial charge in [-0.1, -0.05) is 26.3 Å².